The number of rotatable bonds is 4. The lowest BCUT2D eigenvalue weighted by Crippen LogP contribution is -2.42. The van der Waals surface area contributed by atoms with Gasteiger partial charge in [-0.2, -0.15) is 9.40 Å². The molecule has 0 N–H and O–H groups in total. The summed E-state index contributed by atoms with van der Waals surface area (Å²) >= 11 is 5.63. The van der Waals surface area contributed by atoms with E-state index in [1.807, 2.05) is 0 Å². The summed E-state index contributed by atoms with van der Waals surface area (Å²) in [5.74, 6) is 1.21. The first-order valence-electron chi connectivity index (χ1n) is 6.52. The zero-order chi connectivity index (χ0) is 14.0. The van der Waals surface area contributed by atoms with E-state index < -0.39 is 10.0 Å². The molecule has 0 radical (unpaired) electrons. The summed E-state index contributed by atoms with van der Waals surface area (Å²) in [5, 5.41) is 4.03. The highest BCUT2D eigenvalue weighted by Gasteiger charge is 2.32. The molecule has 1 saturated heterocycles. The van der Waals surface area contributed by atoms with Gasteiger partial charge in [-0.25, -0.2) is 8.42 Å². The Balaban J connectivity index is 2.20. The molecule has 0 spiro atoms. The van der Waals surface area contributed by atoms with Crippen LogP contribution in [0, 0.1) is 11.8 Å². The van der Waals surface area contributed by atoms with Crippen molar-refractivity contribution in [2.45, 2.75) is 31.7 Å². The van der Waals surface area contributed by atoms with Crippen molar-refractivity contribution in [3.63, 3.8) is 0 Å². The number of alkyl halides is 1. The average molecular weight is 306 g/mol. The molecule has 0 aromatic carbocycles. The standard InChI is InChI=1S/C12H20ClN3O2S/c1-10-5-11(2)8-16(7-10)19(17,18)12-6-14-15(9-12)4-3-13/h6,9-11H,3-5,7-8H2,1-2H3. The lowest BCUT2D eigenvalue weighted by molar-refractivity contribution is 0.222. The van der Waals surface area contributed by atoms with E-state index in [4.69, 9.17) is 11.6 Å². The zero-order valence-electron chi connectivity index (χ0n) is 11.3. The number of sulfonamides is 1. The van der Waals surface area contributed by atoms with Crippen LogP contribution in [0.15, 0.2) is 17.3 Å². The van der Waals surface area contributed by atoms with Crippen LogP contribution in [0.3, 0.4) is 0 Å². The zero-order valence-corrected chi connectivity index (χ0v) is 12.9. The van der Waals surface area contributed by atoms with Gasteiger partial charge in [-0.3, -0.25) is 4.68 Å². The monoisotopic (exact) mass is 305 g/mol. The van der Waals surface area contributed by atoms with Crippen LogP contribution in [0.4, 0.5) is 0 Å². The van der Waals surface area contributed by atoms with Crippen molar-refractivity contribution in [3.8, 4) is 0 Å². The predicted molar refractivity (Wildman–Crippen MR) is 74.7 cm³/mol. The van der Waals surface area contributed by atoms with Gasteiger partial charge in [-0.1, -0.05) is 13.8 Å². The Bertz CT molecular complexity index is 519. The molecule has 0 saturated carbocycles. The Morgan fingerprint density at radius 2 is 2.00 bits per heavy atom. The van der Waals surface area contributed by atoms with Gasteiger partial charge in [0.1, 0.15) is 4.90 Å². The smallest absolute Gasteiger partial charge is 0.246 e. The molecule has 2 rings (SSSR count). The summed E-state index contributed by atoms with van der Waals surface area (Å²) < 4.78 is 28.2. The molecule has 5 nitrogen and oxygen atoms in total. The fourth-order valence-corrected chi connectivity index (χ4v) is 4.45. The molecule has 1 aromatic heterocycles. The second-order valence-electron chi connectivity index (χ2n) is 5.40. The van der Waals surface area contributed by atoms with Crippen LogP contribution in [-0.4, -0.2) is 41.5 Å². The van der Waals surface area contributed by atoms with Crippen molar-refractivity contribution in [3.05, 3.63) is 12.4 Å². The van der Waals surface area contributed by atoms with E-state index in [1.165, 1.54) is 6.20 Å². The van der Waals surface area contributed by atoms with Crippen LogP contribution >= 0.6 is 11.6 Å². The Labute approximate surface area is 119 Å². The van der Waals surface area contributed by atoms with Crippen molar-refractivity contribution >= 4 is 21.6 Å². The van der Waals surface area contributed by atoms with Crippen LogP contribution in [0.2, 0.25) is 0 Å². The number of halogens is 1. The van der Waals surface area contributed by atoms with E-state index in [2.05, 4.69) is 18.9 Å². The van der Waals surface area contributed by atoms with E-state index >= 15 is 0 Å². The maximum atomic E-state index is 12.5. The van der Waals surface area contributed by atoms with E-state index in [0.29, 0.717) is 37.4 Å². The molecule has 0 aliphatic carbocycles. The molecule has 2 heterocycles. The molecule has 1 aliphatic heterocycles. The molecular weight excluding hydrogens is 286 g/mol. The van der Waals surface area contributed by atoms with Crippen molar-refractivity contribution in [2.24, 2.45) is 11.8 Å². The first kappa shape index (κ1) is 14.8. The molecule has 2 atom stereocenters. The minimum Gasteiger partial charge on any atom is -0.270 e. The third kappa shape index (κ3) is 3.30. The summed E-state index contributed by atoms with van der Waals surface area (Å²) in [6.07, 6.45) is 4.05. The van der Waals surface area contributed by atoms with Gasteiger partial charge in [-0.15, -0.1) is 11.6 Å². The summed E-state index contributed by atoms with van der Waals surface area (Å²) in [6.45, 7) is 5.88. The number of hydrogen-bond acceptors (Lipinski definition) is 3. The quantitative estimate of drug-likeness (QED) is 0.797. The van der Waals surface area contributed by atoms with Gasteiger partial charge >= 0.3 is 0 Å². The van der Waals surface area contributed by atoms with E-state index in [1.54, 1.807) is 15.2 Å². The fourth-order valence-electron chi connectivity index (χ4n) is 2.64. The fraction of sp³-hybridized carbons (Fsp3) is 0.750. The maximum absolute atomic E-state index is 12.5. The number of aryl methyl sites for hydroxylation is 1. The second-order valence-corrected chi connectivity index (χ2v) is 7.71. The van der Waals surface area contributed by atoms with Crippen molar-refractivity contribution < 1.29 is 8.42 Å². The van der Waals surface area contributed by atoms with Gasteiger partial charge in [0.25, 0.3) is 0 Å². The summed E-state index contributed by atoms with van der Waals surface area (Å²) in [5.41, 5.74) is 0. The Morgan fingerprint density at radius 1 is 1.37 bits per heavy atom. The summed E-state index contributed by atoms with van der Waals surface area (Å²) in [6, 6.07) is 0. The van der Waals surface area contributed by atoms with E-state index in [9.17, 15) is 8.42 Å². The van der Waals surface area contributed by atoms with Gasteiger partial charge in [0.05, 0.1) is 12.7 Å². The highest BCUT2D eigenvalue weighted by molar-refractivity contribution is 7.89. The molecule has 19 heavy (non-hydrogen) atoms. The highest BCUT2D eigenvalue weighted by Crippen LogP contribution is 2.26. The molecule has 108 valence electrons. The summed E-state index contributed by atoms with van der Waals surface area (Å²) in [4.78, 5) is 0.263. The van der Waals surface area contributed by atoms with Crippen LogP contribution in [-0.2, 0) is 16.6 Å². The number of nitrogens with zero attached hydrogens (tertiary/aromatic N) is 3. The van der Waals surface area contributed by atoms with Gasteiger partial charge < -0.3 is 0 Å². The van der Waals surface area contributed by atoms with Gasteiger partial charge in [0, 0.05) is 25.2 Å². The van der Waals surface area contributed by atoms with Gasteiger partial charge in [0.15, 0.2) is 0 Å². The second kappa shape index (κ2) is 5.81. The molecule has 2 unspecified atom stereocenters. The topological polar surface area (TPSA) is 55.2 Å². The van der Waals surface area contributed by atoms with Crippen LogP contribution in [0.25, 0.3) is 0 Å². The molecule has 7 heteroatoms. The lowest BCUT2D eigenvalue weighted by atomic mass is 9.94. The van der Waals surface area contributed by atoms with Gasteiger partial charge in [-0.05, 0) is 18.3 Å². The maximum Gasteiger partial charge on any atom is 0.246 e. The molecule has 0 amide bonds. The largest absolute Gasteiger partial charge is 0.270 e. The molecule has 1 aromatic rings. The highest BCUT2D eigenvalue weighted by atomic mass is 35.5. The van der Waals surface area contributed by atoms with Crippen molar-refractivity contribution in [1.82, 2.24) is 14.1 Å². The van der Waals surface area contributed by atoms with Crippen molar-refractivity contribution in [2.75, 3.05) is 19.0 Å². The Kier molecular flexibility index (Phi) is 4.53. The van der Waals surface area contributed by atoms with Crippen LogP contribution in [0.5, 0.6) is 0 Å². The van der Waals surface area contributed by atoms with Crippen LogP contribution in [0.1, 0.15) is 20.3 Å². The lowest BCUT2D eigenvalue weighted by Gasteiger charge is -2.33. The summed E-state index contributed by atoms with van der Waals surface area (Å²) in [7, 11) is -3.42. The average Bonchev–Trinajstić information content (AvgIpc) is 2.77. The van der Waals surface area contributed by atoms with Gasteiger partial charge in [0.2, 0.25) is 10.0 Å². The molecule has 1 aliphatic rings. The molecule has 1 fully saturated rings. The Morgan fingerprint density at radius 3 is 2.58 bits per heavy atom. The predicted octanol–water partition coefficient (Wildman–Crippen LogP) is 1.79. The normalized spacial score (nSPS) is 25.6. The minimum absolute atomic E-state index is 0.263. The third-order valence-electron chi connectivity index (χ3n) is 3.40. The number of piperidine rings is 1. The SMILES string of the molecule is CC1CC(C)CN(S(=O)(=O)c2cnn(CCCl)c2)C1. The number of hydrogen-bond donors (Lipinski definition) is 0. The first-order valence-corrected chi connectivity index (χ1v) is 8.49. The third-order valence-corrected chi connectivity index (χ3v) is 5.35. The Hall–Kier alpha value is -0.590. The number of aromatic nitrogens is 2. The van der Waals surface area contributed by atoms with E-state index in [-0.39, 0.29) is 4.90 Å². The van der Waals surface area contributed by atoms with Crippen LogP contribution < -0.4 is 0 Å². The molecular formula is C12H20ClN3O2S. The minimum atomic E-state index is -3.42. The van der Waals surface area contributed by atoms with E-state index in [0.717, 1.165) is 6.42 Å². The molecule has 0 bridgehead atoms. The van der Waals surface area contributed by atoms with Crippen molar-refractivity contribution in [1.29, 1.82) is 0 Å². The first-order chi connectivity index (χ1) is 8.93.